The molecule has 4 heteroatoms. The van der Waals surface area contributed by atoms with Gasteiger partial charge in [-0.25, -0.2) is 9.97 Å². The Morgan fingerprint density at radius 3 is 2.82 bits per heavy atom. The van der Waals surface area contributed by atoms with Crippen LogP contribution >= 0.6 is 11.6 Å². The van der Waals surface area contributed by atoms with Crippen LogP contribution in [0, 0.1) is 0 Å². The lowest BCUT2D eigenvalue weighted by atomic mass is 10.1. The molecule has 2 aromatic heterocycles. The minimum absolute atomic E-state index is 0.536. The molecule has 4 rings (SSSR count). The van der Waals surface area contributed by atoms with Crippen molar-refractivity contribution < 1.29 is 0 Å². The molecule has 0 aliphatic heterocycles. The quantitative estimate of drug-likeness (QED) is 0.696. The first-order valence-electron chi connectivity index (χ1n) is 7.87. The Morgan fingerprint density at radius 2 is 2.00 bits per heavy atom. The van der Waals surface area contributed by atoms with Crippen LogP contribution < -0.4 is 0 Å². The first kappa shape index (κ1) is 13.8. The highest BCUT2D eigenvalue weighted by molar-refractivity contribution is 6.30. The van der Waals surface area contributed by atoms with E-state index in [1.165, 1.54) is 31.2 Å². The molecule has 1 fully saturated rings. The van der Waals surface area contributed by atoms with Gasteiger partial charge < -0.3 is 4.57 Å². The zero-order valence-corrected chi connectivity index (χ0v) is 13.1. The first-order chi connectivity index (χ1) is 10.8. The standard InChI is InChI=1S/C18H18ClN3/c19-14-6-3-5-13(11-14)12-17-21-16-9-4-10-20-18(16)22(17)15-7-1-2-8-15/h3-6,9-11,15H,1-2,7-8,12H2. The van der Waals surface area contributed by atoms with Crippen molar-refractivity contribution in [3.8, 4) is 0 Å². The fourth-order valence-corrected chi connectivity index (χ4v) is 3.69. The maximum absolute atomic E-state index is 6.12. The molecule has 0 unspecified atom stereocenters. The fraction of sp³-hybridized carbons (Fsp3) is 0.333. The summed E-state index contributed by atoms with van der Waals surface area (Å²) in [5.41, 5.74) is 3.21. The lowest BCUT2D eigenvalue weighted by Crippen LogP contribution is -2.10. The number of fused-ring (bicyclic) bond motifs is 1. The maximum Gasteiger partial charge on any atom is 0.160 e. The van der Waals surface area contributed by atoms with Crippen molar-refractivity contribution in [1.29, 1.82) is 0 Å². The van der Waals surface area contributed by atoms with Crippen molar-refractivity contribution in [3.05, 3.63) is 59.0 Å². The van der Waals surface area contributed by atoms with E-state index in [1.54, 1.807) is 0 Å². The average Bonchev–Trinajstić information content (AvgIpc) is 3.13. The Balaban J connectivity index is 1.80. The van der Waals surface area contributed by atoms with Gasteiger partial charge in [-0.05, 0) is 42.7 Å². The zero-order valence-electron chi connectivity index (χ0n) is 12.4. The second kappa shape index (κ2) is 5.73. The third-order valence-electron chi connectivity index (χ3n) is 4.46. The molecule has 1 aliphatic carbocycles. The molecule has 1 aromatic carbocycles. The van der Waals surface area contributed by atoms with Crippen LogP contribution in [0.25, 0.3) is 11.2 Å². The lowest BCUT2D eigenvalue weighted by molar-refractivity contribution is 0.511. The Morgan fingerprint density at radius 1 is 1.14 bits per heavy atom. The largest absolute Gasteiger partial charge is 0.309 e. The molecule has 2 heterocycles. The van der Waals surface area contributed by atoms with E-state index in [9.17, 15) is 0 Å². The van der Waals surface area contributed by atoms with Crippen LogP contribution in [0.1, 0.15) is 43.1 Å². The first-order valence-corrected chi connectivity index (χ1v) is 8.25. The van der Waals surface area contributed by atoms with E-state index in [0.29, 0.717) is 6.04 Å². The molecule has 1 saturated carbocycles. The molecule has 1 aliphatic rings. The van der Waals surface area contributed by atoms with Gasteiger partial charge in [0.25, 0.3) is 0 Å². The normalized spacial score (nSPS) is 15.7. The summed E-state index contributed by atoms with van der Waals surface area (Å²) in [6, 6.07) is 12.6. The van der Waals surface area contributed by atoms with E-state index in [1.807, 2.05) is 30.5 Å². The van der Waals surface area contributed by atoms with Crippen molar-refractivity contribution in [2.45, 2.75) is 38.1 Å². The summed E-state index contributed by atoms with van der Waals surface area (Å²) in [7, 11) is 0. The van der Waals surface area contributed by atoms with Crippen LogP contribution in [0.2, 0.25) is 5.02 Å². The molecule has 3 aromatic rings. The molecule has 0 saturated heterocycles. The summed E-state index contributed by atoms with van der Waals surface area (Å²) >= 11 is 6.12. The highest BCUT2D eigenvalue weighted by Gasteiger charge is 2.23. The number of pyridine rings is 1. The van der Waals surface area contributed by atoms with Gasteiger partial charge in [-0.15, -0.1) is 0 Å². The molecular weight excluding hydrogens is 294 g/mol. The van der Waals surface area contributed by atoms with Crippen LogP contribution in [0.3, 0.4) is 0 Å². The van der Waals surface area contributed by atoms with Crippen LogP contribution in [-0.4, -0.2) is 14.5 Å². The van der Waals surface area contributed by atoms with Crippen LogP contribution in [0.15, 0.2) is 42.6 Å². The minimum atomic E-state index is 0.536. The second-order valence-corrected chi connectivity index (χ2v) is 6.43. The van der Waals surface area contributed by atoms with Crippen LogP contribution in [0.4, 0.5) is 0 Å². The molecule has 0 atom stereocenters. The number of aromatic nitrogens is 3. The monoisotopic (exact) mass is 311 g/mol. The SMILES string of the molecule is Clc1cccc(Cc2nc3cccnc3n2C2CCCC2)c1. The van der Waals surface area contributed by atoms with Gasteiger partial charge >= 0.3 is 0 Å². The number of halogens is 1. The highest BCUT2D eigenvalue weighted by Crippen LogP contribution is 2.33. The lowest BCUT2D eigenvalue weighted by Gasteiger charge is -2.15. The predicted octanol–water partition coefficient (Wildman–Crippen LogP) is 4.79. The summed E-state index contributed by atoms with van der Waals surface area (Å²) in [5.74, 6) is 1.10. The summed E-state index contributed by atoms with van der Waals surface area (Å²) in [4.78, 5) is 9.42. The number of rotatable bonds is 3. The van der Waals surface area contributed by atoms with Gasteiger partial charge in [-0.3, -0.25) is 0 Å². The topological polar surface area (TPSA) is 30.7 Å². The predicted molar refractivity (Wildman–Crippen MR) is 89.3 cm³/mol. The molecular formula is C18H18ClN3. The van der Waals surface area contributed by atoms with Crippen LogP contribution in [0.5, 0.6) is 0 Å². The fourth-order valence-electron chi connectivity index (χ4n) is 3.48. The van der Waals surface area contributed by atoms with Gasteiger partial charge in [0, 0.05) is 23.7 Å². The van der Waals surface area contributed by atoms with E-state index in [-0.39, 0.29) is 0 Å². The van der Waals surface area contributed by atoms with Crippen LogP contribution in [-0.2, 0) is 6.42 Å². The molecule has 0 spiro atoms. The molecule has 0 N–H and O–H groups in total. The molecule has 0 radical (unpaired) electrons. The van der Waals surface area contributed by atoms with Crippen molar-refractivity contribution in [1.82, 2.24) is 14.5 Å². The van der Waals surface area contributed by atoms with E-state index in [2.05, 4.69) is 21.7 Å². The highest BCUT2D eigenvalue weighted by atomic mass is 35.5. The molecule has 112 valence electrons. The van der Waals surface area contributed by atoms with Gasteiger partial charge in [0.05, 0.1) is 0 Å². The minimum Gasteiger partial charge on any atom is -0.309 e. The Hall–Kier alpha value is -1.87. The molecule has 22 heavy (non-hydrogen) atoms. The third-order valence-corrected chi connectivity index (χ3v) is 4.70. The van der Waals surface area contributed by atoms with Gasteiger partial charge in [0.15, 0.2) is 5.65 Å². The number of hydrogen-bond acceptors (Lipinski definition) is 2. The summed E-state index contributed by atoms with van der Waals surface area (Å²) in [6.07, 6.45) is 7.71. The van der Waals surface area contributed by atoms with E-state index >= 15 is 0 Å². The van der Waals surface area contributed by atoms with Gasteiger partial charge in [0.1, 0.15) is 11.3 Å². The van der Waals surface area contributed by atoms with Crippen molar-refractivity contribution in [2.75, 3.05) is 0 Å². The number of hydrogen-bond donors (Lipinski definition) is 0. The third kappa shape index (κ3) is 2.50. The van der Waals surface area contributed by atoms with Gasteiger partial charge in [0.2, 0.25) is 0 Å². The molecule has 0 amide bonds. The van der Waals surface area contributed by atoms with E-state index in [4.69, 9.17) is 16.6 Å². The Labute approximate surface area is 135 Å². The summed E-state index contributed by atoms with van der Waals surface area (Å²) < 4.78 is 2.36. The van der Waals surface area contributed by atoms with Gasteiger partial charge in [-0.2, -0.15) is 0 Å². The average molecular weight is 312 g/mol. The number of imidazole rings is 1. The van der Waals surface area contributed by atoms with E-state index in [0.717, 1.165) is 28.4 Å². The molecule has 3 nitrogen and oxygen atoms in total. The number of nitrogens with zero attached hydrogens (tertiary/aromatic N) is 3. The number of benzene rings is 1. The summed E-state index contributed by atoms with van der Waals surface area (Å²) in [6.45, 7) is 0. The summed E-state index contributed by atoms with van der Waals surface area (Å²) in [5, 5.41) is 0.777. The zero-order chi connectivity index (χ0) is 14.9. The smallest absolute Gasteiger partial charge is 0.160 e. The molecule has 0 bridgehead atoms. The van der Waals surface area contributed by atoms with Gasteiger partial charge in [-0.1, -0.05) is 36.6 Å². The van der Waals surface area contributed by atoms with Crippen molar-refractivity contribution in [3.63, 3.8) is 0 Å². The maximum atomic E-state index is 6.12. The van der Waals surface area contributed by atoms with E-state index < -0.39 is 0 Å². The van der Waals surface area contributed by atoms with Crippen molar-refractivity contribution >= 4 is 22.8 Å². The van der Waals surface area contributed by atoms with Crippen molar-refractivity contribution in [2.24, 2.45) is 0 Å². The second-order valence-electron chi connectivity index (χ2n) is 5.99. The Kier molecular flexibility index (Phi) is 3.59. The Bertz CT molecular complexity index is 803.